The molecule has 0 saturated heterocycles. The van der Waals surface area contributed by atoms with E-state index >= 15 is 0 Å². The maximum Gasteiger partial charge on any atom is 0.109 e. The first-order chi connectivity index (χ1) is 6.96. The molecule has 0 aromatic heterocycles. The second kappa shape index (κ2) is 4.37. The van der Waals surface area contributed by atoms with Gasteiger partial charge in [-0.1, -0.05) is 26.8 Å². The summed E-state index contributed by atoms with van der Waals surface area (Å²) in [5.74, 6) is 0.409. The van der Waals surface area contributed by atoms with E-state index in [1.54, 1.807) is 0 Å². The molecule has 0 radical (unpaired) electrons. The molecule has 15 heavy (non-hydrogen) atoms. The van der Waals surface area contributed by atoms with E-state index in [2.05, 4.69) is 38.7 Å². The lowest BCUT2D eigenvalue weighted by atomic mass is 9.64. The molecular formula is C13H22N2. The second-order valence-electron chi connectivity index (χ2n) is 5.52. The van der Waals surface area contributed by atoms with Gasteiger partial charge in [0.2, 0.25) is 0 Å². The maximum atomic E-state index is 9.36. The Morgan fingerprint density at radius 1 is 1.53 bits per heavy atom. The van der Waals surface area contributed by atoms with E-state index in [-0.39, 0.29) is 5.54 Å². The van der Waals surface area contributed by atoms with Crippen LogP contribution in [0.15, 0.2) is 12.7 Å². The van der Waals surface area contributed by atoms with E-state index < -0.39 is 0 Å². The molecule has 1 fully saturated rings. The standard InChI is InChI=1S/C13H22N2/c1-5-8-15-13(10-14)7-6-12(3,4)9-11(13)2/h5,11,15H,1,6-9H2,2-4H3. The summed E-state index contributed by atoms with van der Waals surface area (Å²) in [5, 5.41) is 12.7. The molecule has 1 rings (SSSR count). The van der Waals surface area contributed by atoms with Crippen LogP contribution in [0.3, 0.4) is 0 Å². The van der Waals surface area contributed by atoms with Gasteiger partial charge in [0, 0.05) is 6.54 Å². The predicted octanol–water partition coefficient (Wildman–Crippen LogP) is 2.87. The monoisotopic (exact) mass is 206 g/mol. The number of hydrogen-bond acceptors (Lipinski definition) is 2. The van der Waals surface area contributed by atoms with Crippen LogP contribution in [0.5, 0.6) is 0 Å². The fraction of sp³-hybridized carbons (Fsp3) is 0.769. The van der Waals surface area contributed by atoms with Crippen molar-refractivity contribution in [3.8, 4) is 6.07 Å². The van der Waals surface area contributed by atoms with Gasteiger partial charge in [-0.25, -0.2) is 0 Å². The van der Waals surface area contributed by atoms with E-state index in [1.807, 2.05) is 6.08 Å². The third-order valence-electron chi connectivity index (χ3n) is 3.66. The smallest absolute Gasteiger partial charge is 0.109 e. The Morgan fingerprint density at radius 3 is 2.67 bits per heavy atom. The molecule has 1 aliphatic carbocycles. The van der Waals surface area contributed by atoms with Gasteiger partial charge in [-0.3, -0.25) is 5.32 Å². The first kappa shape index (κ1) is 12.3. The molecule has 0 aromatic rings. The predicted molar refractivity (Wildman–Crippen MR) is 63.3 cm³/mol. The van der Waals surface area contributed by atoms with E-state index in [0.717, 1.165) is 25.8 Å². The van der Waals surface area contributed by atoms with Crippen molar-refractivity contribution in [2.75, 3.05) is 6.54 Å². The molecule has 1 N–H and O–H groups in total. The minimum Gasteiger partial charge on any atom is -0.296 e. The summed E-state index contributed by atoms with van der Waals surface area (Å²) in [6, 6.07) is 2.48. The molecule has 0 amide bonds. The number of nitrogens with zero attached hydrogens (tertiary/aromatic N) is 1. The fourth-order valence-electron chi connectivity index (χ4n) is 2.61. The SMILES string of the molecule is C=CCNC1(C#N)CCC(C)(C)CC1C. The van der Waals surface area contributed by atoms with Crippen LogP contribution < -0.4 is 5.32 Å². The van der Waals surface area contributed by atoms with Gasteiger partial charge in [-0.15, -0.1) is 6.58 Å². The molecular weight excluding hydrogens is 184 g/mol. The average molecular weight is 206 g/mol. The lowest BCUT2D eigenvalue weighted by Gasteiger charge is -2.44. The first-order valence-corrected chi connectivity index (χ1v) is 5.73. The first-order valence-electron chi connectivity index (χ1n) is 5.73. The molecule has 2 unspecified atom stereocenters. The second-order valence-corrected chi connectivity index (χ2v) is 5.52. The quantitative estimate of drug-likeness (QED) is 0.721. The van der Waals surface area contributed by atoms with E-state index in [1.165, 1.54) is 0 Å². The highest BCUT2D eigenvalue weighted by molar-refractivity contribution is 5.14. The molecule has 84 valence electrons. The van der Waals surface area contributed by atoms with Crippen LogP contribution >= 0.6 is 0 Å². The Labute approximate surface area is 93.4 Å². The Hall–Kier alpha value is -0.810. The van der Waals surface area contributed by atoms with Crippen LogP contribution in [0, 0.1) is 22.7 Å². The Bertz CT molecular complexity index is 275. The van der Waals surface area contributed by atoms with Gasteiger partial charge in [-0.05, 0) is 30.6 Å². The normalized spacial score (nSPS) is 34.4. The number of nitrogens with one attached hydrogen (secondary N) is 1. The van der Waals surface area contributed by atoms with E-state index in [4.69, 9.17) is 0 Å². The molecule has 0 aromatic carbocycles. The van der Waals surface area contributed by atoms with Gasteiger partial charge >= 0.3 is 0 Å². The van der Waals surface area contributed by atoms with Gasteiger partial charge in [-0.2, -0.15) is 5.26 Å². The van der Waals surface area contributed by atoms with Crippen molar-refractivity contribution in [3.05, 3.63) is 12.7 Å². The van der Waals surface area contributed by atoms with Gasteiger partial charge < -0.3 is 0 Å². The van der Waals surface area contributed by atoms with Gasteiger partial charge in [0.1, 0.15) is 5.54 Å². The van der Waals surface area contributed by atoms with Gasteiger partial charge in [0.25, 0.3) is 0 Å². The Balaban J connectivity index is 2.75. The van der Waals surface area contributed by atoms with Crippen molar-refractivity contribution in [2.45, 2.75) is 45.6 Å². The van der Waals surface area contributed by atoms with Crippen LogP contribution in [0.25, 0.3) is 0 Å². The van der Waals surface area contributed by atoms with Crippen LogP contribution in [0.4, 0.5) is 0 Å². The maximum absolute atomic E-state index is 9.36. The number of nitriles is 1. The minimum atomic E-state index is -0.330. The summed E-state index contributed by atoms with van der Waals surface area (Å²) in [6.45, 7) is 11.2. The molecule has 0 bridgehead atoms. The zero-order valence-corrected chi connectivity index (χ0v) is 10.1. The van der Waals surface area contributed by atoms with Gasteiger partial charge in [0.15, 0.2) is 0 Å². The molecule has 0 spiro atoms. The summed E-state index contributed by atoms with van der Waals surface area (Å²) in [4.78, 5) is 0. The average Bonchev–Trinajstić information content (AvgIpc) is 2.17. The third kappa shape index (κ3) is 2.60. The molecule has 2 heteroatoms. The van der Waals surface area contributed by atoms with Crippen molar-refractivity contribution in [1.82, 2.24) is 5.32 Å². The minimum absolute atomic E-state index is 0.330. The third-order valence-corrected chi connectivity index (χ3v) is 3.66. The molecule has 2 nitrogen and oxygen atoms in total. The zero-order valence-electron chi connectivity index (χ0n) is 10.1. The molecule has 1 aliphatic rings. The topological polar surface area (TPSA) is 35.8 Å². The summed E-state index contributed by atoms with van der Waals surface area (Å²) < 4.78 is 0. The summed E-state index contributed by atoms with van der Waals surface area (Å²) in [7, 11) is 0. The molecule has 1 saturated carbocycles. The van der Waals surface area contributed by atoms with Crippen molar-refractivity contribution < 1.29 is 0 Å². The molecule has 0 heterocycles. The zero-order chi connectivity index (χ0) is 11.5. The van der Waals surface area contributed by atoms with E-state index in [9.17, 15) is 5.26 Å². The van der Waals surface area contributed by atoms with Gasteiger partial charge in [0.05, 0.1) is 6.07 Å². The summed E-state index contributed by atoms with van der Waals surface area (Å²) in [6.07, 6.45) is 5.01. The number of hydrogen-bond donors (Lipinski definition) is 1. The highest BCUT2D eigenvalue weighted by Crippen LogP contribution is 2.43. The highest BCUT2D eigenvalue weighted by atomic mass is 15.0. The van der Waals surface area contributed by atoms with Crippen LogP contribution in [0.2, 0.25) is 0 Å². The van der Waals surface area contributed by atoms with Crippen molar-refractivity contribution >= 4 is 0 Å². The lowest BCUT2D eigenvalue weighted by molar-refractivity contribution is 0.112. The summed E-state index contributed by atoms with van der Waals surface area (Å²) in [5.41, 5.74) is 0.0549. The van der Waals surface area contributed by atoms with E-state index in [0.29, 0.717) is 11.3 Å². The number of rotatable bonds is 3. The largest absolute Gasteiger partial charge is 0.296 e. The van der Waals surface area contributed by atoms with Crippen LogP contribution in [-0.2, 0) is 0 Å². The molecule has 2 atom stereocenters. The van der Waals surface area contributed by atoms with Crippen LogP contribution in [-0.4, -0.2) is 12.1 Å². The van der Waals surface area contributed by atoms with Crippen molar-refractivity contribution in [2.24, 2.45) is 11.3 Å². The Morgan fingerprint density at radius 2 is 2.20 bits per heavy atom. The fourth-order valence-corrected chi connectivity index (χ4v) is 2.61. The Kier molecular flexibility index (Phi) is 3.57. The summed E-state index contributed by atoms with van der Waals surface area (Å²) >= 11 is 0. The van der Waals surface area contributed by atoms with Crippen molar-refractivity contribution in [1.29, 1.82) is 5.26 Å². The van der Waals surface area contributed by atoms with Crippen LogP contribution in [0.1, 0.15) is 40.0 Å². The molecule has 0 aliphatic heterocycles. The lowest BCUT2D eigenvalue weighted by Crippen LogP contribution is -2.53. The van der Waals surface area contributed by atoms with Crippen molar-refractivity contribution in [3.63, 3.8) is 0 Å². The highest BCUT2D eigenvalue weighted by Gasteiger charge is 2.43.